The third-order valence-electron chi connectivity index (χ3n) is 3.09. The zero-order valence-electron chi connectivity index (χ0n) is 10.7. The number of carboxylic acids is 1. The second-order valence-electron chi connectivity index (χ2n) is 4.37. The molecular formula is C11H19N3O4. The first-order valence-electron chi connectivity index (χ1n) is 5.95. The number of carbonyl (C=O) groups is 3. The molecule has 1 unspecified atom stereocenters. The monoisotopic (exact) mass is 257 g/mol. The number of piperazine rings is 1. The highest BCUT2D eigenvalue weighted by Crippen LogP contribution is 2.03. The van der Waals surface area contributed by atoms with Gasteiger partial charge in [0.15, 0.2) is 0 Å². The van der Waals surface area contributed by atoms with Crippen LogP contribution in [0.4, 0.5) is 4.79 Å². The predicted molar refractivity (Wildman–Crippen MR) is 64.0 cm³/mol. The van der Waals surface area contributed by atoms with E-state index in [0.29, 0.717) is 19.5 Å². The summed E-state index contributed by atoms with van der Waals surface area (Å²) in [5.41, 5.74) is 0. The predicted octanol–water partition coefficient (Wildman–Crippen LogP) is -0.419. The summed E-state index contributed by atoms with van der Waals surface area (Å²) in [4.78, 5) is 36.9. The summed E-state index contributed by atoms with van der Waals surface area (Å²) in [5, 5.41) is 11.4. The van der Waals surface area contributed by atoms with Crippen molar-refractivity contribution in [3.05, 3.63) is 0 Å². The molecular weight excluding hydrogens is 238 g/mol. The van der Waals surface area contributed by atoms with Crippen LogP contribution in [0.3, 0.4) is 0 Å². The molecule has 2 N–H and O–H groups in total. The van der Waals surface area contributed by atoms with E-state index in [2.05, 4.69) is 5.32 Å². The van der Waals surface area contributed by atoms with Crippen LogP contribution in [0.25, 0.3) is 0 Å². The Kier molecular flexibility index (Phi) is 4.94. The van der Waals surface area contributed by atoms with E-state index in [0.717, 1.165) is 0 Å². The number of likely N-dealkylation sites (N-methyl/N-ethyl adjacent to an activating group) is 1. The molecule has 0 saturated carbocycles. The van der Waals surface area contributed by atoms with Crippen molar-refractivity contribution < 1.29 is 19.5 Å². The Morgan fingerprint density at radius 1 is 1.44 bits per heavy atom. The average molecular weight is 257 g/mol. The number of hydrogen-bond acceptors (Lipinski definition) is 3. The molecule has 1 aliphatic heterocycles. The van der Waals surface area contributed by atoms with Crippen LogP contribution in [-0.4, -0.2) is 66.0 Å². The lowest BCUT2D eigenvalue weighted by molar-refractivity contribution is -0.141. The fourth-order valence-corrected chi connectivity index (χ4v) is 1.66. The van der Waals surface area contributed by atoms with Crippen LogP contribution in [-0.2, 0) is 9.59 Å². The van der Waals surface area contributed by atoms with Gasteiger partial charge in [0.05, 0.1) is 5.92 Å². The summed E-state index contributed by atoms with van der Waals surface area (Å²) < 4.78 is 0. The quantitative estimate of drug-likeness (QED) is 0.716. The molecule has 7 heteroatoms. The molecule has 0 spiro atoms. The van der Waals surface area contributed by atoms with Crippen LogP contribution >= 0.6 is 0 Å². The lowest BCUT2D eigenvalue weighted by atomic mass is 10.1. The number of nitrogens with zero attached hydrogens (tertiary/aromatic N) is 2. The lowest BCUT2D eigenvalue weighted by Crippen LogP contribution is -2.54. The number of rotatable bonds is 4. The number of urea groups is 1. The highest BCUT2D eigenvalue weighted by molar-refractivity contribution is 5.85. The summed E-state index contributed by atoms with van der Waals surface area (Å²) in [6.07, 6.45) is 0.456. The number of carboxylic acid groups (broad SMARTS) is 1. The van der Waals surface area contributed by atoms with Crippen molar-refractivity contribution in [2.45, 2.75) is 13.3 Å². The summed E-state index contributed by atoms with van der Waals surface area (Å²) in [5.74, 6) is -1.62. The van der Waals surface area contributed by atoms with Crippen LogP contribution in [0.15, 0.2) is 0 Å². The maximum Gasteiger partial charge on any atom is 0.317 e. The van der Waals surface area contributed by atoms with Crippen molar-refractivity contribution in [1.82, 2.24) is 15.1 Å². The Labute approximate surface area is 106 Å². The second kappa shape index (κ2) is 6.23. The van der Waals surface area contributed by atoms with Gasteiger partial charge in [0.2, 0.25) is 5.91 Å². The summed E-state index contributed by atoms with van der Waals surface area (Å²) >= 11 is 0. The first-order valence-corrected chi connectivity index (χ1v) is 5.95. The minimum absolute atomic E-state index is 0.0478. The van der Waals surface area contributed by atoms with E-state index in [-0.39, 0.29) is 25.0 Å². The van der Waals surface area contributed by atoms with Gasteiger partial charge < -0.3 is 20.2 Å². The van der Waals surface area contributed by atoms with Crippen LogP contribution in [0, 0.1) is 5.92 Å². The van der Waals surface area contributed by atoms with Gasteiger partial charge in [-0.05, 0) is 6.42 Å². The van der Waals surface area contributed by atoms with Gasteiger partial charge in [-0.15, -0.1) is 0 Å². The van der Waals surface area contributed by atoms with Crippen molar-refractivity contribution in [3.8, 4) is 0 Å². The molecule has 0 aromatic carbocycles. The number of aliphatic carboxylic acids is 1. The first-order chi connectivity index (χ1) is 8.45. The van der Waals surface area contributed by atoms with Gasteiger partial charge in [0.1, 0.15) is 6.54 Å². The van der Waals surface area contributed by atoms with E-state index in [1.807, 2.05) is 0 Å². The van der Waals surface area contributed by atoms with Gasteiger partial charge in [-0.3, -0.25) is 9.59 Å². The molecule has 1 saturated heterocycles. The summed E-state index contributed by atoms with van der Waals surface area (Å²) in [7, 11) is 1.69. The fraction of sp³-hybridized carbons (Fsp3) is 0.727. The number of hydrogen-bond donors (Lipinski definition) is 2. The van der Waals surface area contributed by atoms with Crippen molar-refractivity contribution >= 4 is 17.9 Å². The van der Waals surface area contributed by atoms with Crippen molar-refractivity contribution in [3.63, 3.8) is 0 Å². The van der Waals surface area contributed by atoms with Crippen molar-refractivity contribution in [2.24, 2.45) is 5.92 Å². The second-order valence-corrected chi connectivity index (χ2v) is 4.37. The highest BCUT2D eigenvalue weighted by Gasteiger charge is 2.25. The Bertz CT molecular complexity index is 345. The van der Waals surface area contributed by atoms with E-state index in [1.165, 1.54) is 4.90 Å². The van der Waals surface area contributed by atoms with Crippen LogP contribution in [0.2, 0.25) is 0 Å². The van der Waals surface area contributed by atoms with Gasteiger partial charge in [-0.1, -0.05) is 6.92 Å². The number of nitrogens with one attached hydrogen (secondary N) is 1. The van der Waals surface area contributed by atoms with Crippen LogP contribution in [0.1, 0.15) is 13.3 Å². The van der Waals surface area contributed by atoms with Gasteiger partial charge in [0, 0.05) is 26.7 Å². The summed E-state index contributed by atoms with van der Waals surface area (Å²) in [6.45, 7) is 2.86. The standard InChI is InChI=1S/C11H19N3O4/c1-3-8(10(16)17)6-12-11(18)14-5-4-13(2)9(15)7-14/h8H,3-7H2,1-2H3,(H,12,18)(H,16,17). The third-order valence-corrected chi connectivity index (χ3v) is 3.09. The van der Waals surface area contributed by atoms with E-state index in [1.54, 1.807) is 18.9 Å². The maximum atomic E-state index is 11.7. The molecule has 0 radical (unpaired) electrons. The molecule has 1 aliphatic rings. The van der Waals surface area contributed by atoms with Gasteiger partial charge in [0.25, 0.3) is 0 Å². The molecule has 0 aromatic heterocycles. The third kappa shape index (κ3) is 3.61. The molecule has 0 bridgehead atoms. The van der Waals surface area contributed by atoms with E-state index >= 15 is 0 Å². The maximum absolute atomic E-state index is 11.7. The molecule has 1 rings (SSSR count). The Balaban J connectivity index is 2.41. The number of amides is 3. The molecule has 0 aliphatic carbocycles. The Morgan fingerprint density at radius 3 is 2.61 bits per heavy atom. The molecule has 1 atom stereocenters. The Morgan fingerprint density at radius 2 is 2.11 bits per heavy atom. The SMILES string of the molecule is CCC(CNC(=O)N1CCN(C)C(=O)C1)C(=O)O. The zero-order chi connectivity index (χ0) is 13.7. The normalized spacial score (nSPS) is 17.6. The topological polar surface area (TPSA) is 90.0 Å². The summed E-state index contributed by atoms with van der Waals surface area (Å²) in [6, 6.07) is -0.379. The minimum Gasteiger partial charge on any atom is -0.481 e. The van der Waals surface area contributed by atoms with E-state index < -0.39 is 11.9 Å². The zero-order valence-corrected chi connectivity index (χ0v) is 10.7. The molecule has 0 aromatic rings. The van der Waals surface area contributed by atoms with Gasteiger partial charge in [-0.25, -0.2) is 4.79 Å². The Hall–Kier alpha value is -1.79. The minimum atomic E-state index is -0.924. The molecule has 1 heterocycles. The van der Waals surface area contributed by atoms with E-state index in [4.69, 9.17) is 5.11 Å². The van der Waals surface area contributed by atoms with Crippen molar-refractivity contribution in [2.75, 3.05) is 33.2 Å². The van der Waals surface area contributed by atoms with Crippen molar-refractivity contribution in [1.29, 1.82) is 0 Å². The molecule has 1 fully saturated rings. The molecule has 7 nitrogen and oxygen atoms in total. The average Bonchev–Trinajstić information content (AvgIpc) is 2.32. The van der Waals surface area contributed by atoms with Gasteiger partial charge >= 0.3 is 12.0 Å². The molecule has 102 valence electrons. The highest BCUT2D eigenvalue weighted by atomic mass is 16.4. The molecule has 3 amide bonds. The lowest BCUT2D eigenvalue weighted by Gasteiger charge is -2.32. The fourth-order valence-electron chi connectivity index (χ4n) is 1.66. The largest absolute Gasteiger partial charge is 0.481 e. The smallest absolute Gasteiger partial charge is 0.317 e. The van der Waals surface area contributed by atoms with Gasteiger partial charge in [-0.2, -0.15) is 0 Å². The first kappa shape index (κ1) is 14.3. The van der Waals surface area contributed by atoms with E-state index in [9.17, 15) is 14.4 Å². The number of carbonyl (C=O) groups excluding carboxylic acids is 2. The van der Waals surface area contributed by atoms with Crippen LogP contribution in [0.5, 0.6) is 0 Å². The molecule has 18 heavy (non-hydrogen) atoms. The van der Waals surface area contributed by atoms with Crippen LogP contribution < -0.4 is 5.32 Å².